The van der Waals surface area contributed by atoms with Gasteiger partial charge in [-0.2, -0.15) is 8.42 Å². The van der Waals surface area contributed by atoms with Crippen molar-refractivity contribution in [2.24, 2.45) is 0 Å². The first-order chi connectivity index (χ1) is 12.2. The number of nitro groups is 2. The van der Waals surface area contributed by atoms with Gasteiger partial charge in [0.1, 0.15) is 0 Å². The van der Waals surface area contributed by atoms with Crippen LogP contribution in [-0.4, -0.2) is 27.4 Å². The predicted octanol–water partition coefficient (Wildman–Crippen LogP) is 4.25. The Bertz CT molecular complexity index is 873. The van der Waals surface area contributed by atoms with Gasteiger partial charge in [-0.1, -0.05) is 0 Å². The van der Waals surface area contributed by atoms with E-state index in [1.165, 1.54) is 12.1 Å². The lowest BCUT2D eigenvalue weighted by atomic mass is 10.3. The molecule has 0 aromatic heterocycles. The van der Waals surface area contributed by atoms with Crippen molar-refractivity contribution in [1.82, 2.24) is 0 Å². The van der Waals surface area contributed by atoms with Crippen LogP contribution in [0, 0.1) is 23.8 Å². The van der Waals surface area contributed by atoms with Gasteiger partial charge >= 0.3 is 10.4 Å². The molecular weight excluding hydrogens is 633 g/mol. The van der Waals surface area contributed by atoms with Crippen LogP contribution in [0.25, 0.3) is 0 Å². The van der Waals surface area contributed by atoms with E-state index >= 15 is 0 Å². The molecule has 0 bridgehead atoms. The van der Waals surface area contributed by atoms with E-state index in [1.54, 1.807) is 24.3 Å². The first kappa shape index (κ1) is 25.6. The molecule has 2 rings (SSSR count). The van der Waals surface area contributed by atoms with Crippen LogP contribution < -0.4 is 5.73 Å². The van der Waals surface area contributed by atoms with Crippen molar-refractivity contribution in [1.29, 1.82) is 0 Å². The summed E-state index contributed by atoms with van der Waals surface area (Å²) in [6.07, 6.45) is 0. The topological polar surface area (TPSA) is 187 Å². The maximum Gasteiger partial charge on any atom is 0.394 e. The number of nitrogens with two attached hydrogens (primary N) is 1. The molecule has 0 aliphatic carbocycles. The highest BCUT2D eigenvalue weighted by molar-refractivity contribution is 14.1. The van der Waals surface area contributed by atoms with Gasteiger partial charge in [0, 0.05) is 21.4 Å². The van der Waals surface area contributed by atoms with Crippen LogP contribution in [0.2, 0.25) is 0 Å². The molecule has 0 saturated carbocycles. The molecule has 15 heteroatoms. The Morgan fingerprint density at radius 3 is 1.63 bits per heavy atom. The van der Waals surface area contributed by atoms with Gasteiger partial charge < -0.3 is 5.73 Å². The Labute approximate surface area is 183 Å². The van der Waals surface area contributed by atoms with E-state index in [2.05, 4.69) is 31.9 Å². The van der Waals surface area contributed by atoms with Crippen LogP contribution in [-0.2, 0) is 10.4 Å². The summed E-state index contributed by atoms with van der Waals surface area (Å²) in [7, 11) is -4.67. The molecule has 11 nitrogen and oxygen atoms in total. The summed E-state index contributed by atoms with van der Waals surface area (Å²) in [6, 6.07) is 9.44. The SMILES string of the molecule is Nc1ccc(Br)c([N+](=O)[O-])c1.O=S(=O)(O)O.O=[N+]([O-])c1cc(I)ccc1Br. The van der Waals surface area contributed by atoms with E-state index in [4.69, 9.17) is 23.3 Å². The molecule has 4 N–H and O–H groups in total. The van der Waals surface area contributed by atoms with Crippen LogP contribution in [0.4, 0.5) is 17.1 Å². The first-order valence-electron chi connectivity index (χ1n) is 6.21. The zero-order chi connectivity index (χ0) is 21.4. The summed E-state index contributed by atoms with van der Waals surface area (Å²) in [5.74, 6) is 0. The molecule has 0 fully saturated rings. The van der Waals surface area contributed by atoms with Crippen LogP contribution >= 0.6 is 54.5 Å². The minimum Gasteiger partial charge on any atom is -0.399 e. The average molecular weight is 643 g/mol. The fourth-order valence-corrected chi connectivity index (χ4v) is 2.55. The van der Waals surface area contributed by atoms with Crippen molar-refractivity contribution >= 4 is 81.9 Å². The second-order valence-electron chi connectivity index (χ2n) is 4.27. The van der Waals surface area contributed by atoms with Crippen molar-refractivity contribution in [3.8, 4) is 0 Å². The highest BCUT2D eigenvalue weighted by Crippen LogP contribution is 2.26. The number of hydrogen-bond acceptors (Lipinski definition) is 7. The van der Waals surface area contributed by atoms with Gasteiger partial charge in [-0.25, -0.2) is 0 Å². The van der Waals surface area contributed by atoms with E-state index in [9.17, 15) is 20.2 Å². The van der Waals surface area contributed by atoms with Crippen LogP contribution in [0.3, 0.4) is 0 Å². The zero-order valence-electron chi connectivity index (χ0n) is 12.8. The second-order valence-corrected chi connectivity index (χ2v) is 8.12. The lowest BCUT2D eigenvalue weighted by Gasteiger charge is -1.95. The standard InChI is InChI=1S/C6H3BrINO2.C6H5BrN2O2.H2O4S/c2*7-5-2-1-4(8)3-6(5)9(10)11;1-5(2,3)4/h1-3H;1-3H,8H2;(H2,1,2,3,4). The monoisotopic (exact) mass is 641 g/mol. The fourth-order valence-electron chi connectivity index (χ4n) is 1.30. The summed E-state index contributed by atoms with van der Waals surface area (Å²) in [4.78, 5) is 19.7. The second kappa shape index (κ2) is 11.4. The molecule has 0 aliphatic rings. The molecule has 0 atom stereocenters. The molecule has 0 amide bonds. The van der Waals surface area contributed by atoms with E-state index in [-0.39, 0.29) is 11.4 Å². The van der Waals surface area contributed by atoms with Gasteiger partial charge in [0.05, 0.1) is 18.8 Å². The number of rotatable bonds is 2. The Balaban J connectivity index is 0.000000405. The third-order valence-electron chi connectivity index (χ3n) is 2.27. The average Bonchev–Trinajstić information content (AvgIpc) is 2.50. The van der Waals surface area contributed by atoms with Crippen molar-refractivity contribution in [2.75, 3.05) is 5.73 Å². The molecule has 0 aliphatic heterocycles. The summed E-state index contributed by atoms with van der Waals surface area (Å²) in [6.45, 7) is 0. The van der Waals surface area contributed by atoms with Crippen LogP contribution in [0.15, 0.2) is 45.3 Å². The predicted molar refractivity (Wildman–Crippen MR) is 113 cm³/mol. The Hall–Kier alpha value is -1.40. The number of nitrogens with zero attached hydrogens (tertiary/aromatic N) is 2. The summed E-state index contributed by atoms with van der Waals surface area (Å²) >= 11 is 8.15. The maximum absolute atomic E-state index is 10.3. The van der Waals surface area contributed by atoms with Gasteiger partial charge in [0.15, 0.2) is 0 Å². The number of anilines is 1. The third kappa shape index (κ3) is 11.8. The largest absolute Gasteiger partial charge is 0.399 e. The molecule has 2 aromatic rings. The summed E-state index contributed by atoms with van der Waals surface area (Å²) < 4.78 is 33.4. The molecule has 0 saturated heterocycles. The van der Waals surface area contributed by atoms with Crippen LogP contribution in [0.5, 0.6) is 0 Å². The van der Waals surface area contributed by atoms with Gasteiger partial charge in [-0.15, -0.1) is 0 Å². The minimum absolute atomic E-state index is 0.00926. The molecule has 148 valence electrons. The summed E-state index contributed by atoms with van der Waals surface area (Å²) in [5.41, 5.74) is 5.83. The Kier molecular flexibility index (Phi) is 10.9. The third-order valence-corrected chi connectivity index (χ3v) is 4.28. The number of nitrogen functional groups attached to an aromatic ring is 1. The first-order valence-corrected chi connectivity index (χ1v) is 10.3. The molecule has 0 spiro atoms. The maximum atomic E-state index is 10.3. The lowest BCUT2D eigenvalue weighted by molar-refractivity contribution is -0.385. The Morgan fingerprint density at radius 2 is 1.30 bits per heavy atom. The van der Waals surface area contributed by atoms with E-state index in [0.717, 1.165) is 3.57 Å². The Morgan fingerprint density at radius 1 is 0.926 bits per heavy atom. The van der Waals surface area contributed by atoms with Crippen molar-refractivity contribution in [2.45, 2.75) is 0 Å². The molecule has 27 heavy (non-hydrogen) atoms. The van der Waals surface area contributed by atoms with E-state index in [0.29, 0.717) is 14.6 Å². The van der Waals surface area contributed by atoms with Crippen molar-refractivity contribution in [3.05, 3.63) is 69.1 Å². The van der Waals surface area contributed by atoms with Gasteiger partial charge in [0.25, 0.3) is 11.4 Å². The quantitative estimate of drug-likeness (QED) is 0.141. The number of halogens is 3. The fraction of sp³-hybridized carbons (Fsp3) is 0. The molecule has 0 heterocycles. The van der Waals surface area contributed by atoms with Crippen LogP contribution in [0.1, 0.15) is 0 Å². The lowest BCUT2D eigenvalue weighted by Crippen LogP contribution is -1.91. The number of benzene rings is 2. The van der Waals surface area contributed by atoms with Gasteiger partial charge in [-0.3, -0.25) is 29.3 Å². The molecule has 0 radical (unpaired) electrons. The minimum atomic E-state index is -4.67. The highest BCUT2D eigenvalue weighted by Gasteiger charge is 2.11. The number of nitro benzene ring substituents is 2. The molecular formula is C12H10Br2IN3O8S. The van der Waals surface area contributed by atoms with Gasteiger partial charge in [-0.05, 0) is 78.7 Å². The highest BCUT2D eigenvalue weighted by atomic mass is 127. The van der Waals surface area contributed by atoms with E-state index in [1.807, 2.05) is 22.6 Å². The zero-order valence-corrected chi connectivity index (χ0v) is 19.0. The molecule has 2 aromatic carbocycles. The smallest absolute Gasteiger partial charge is 0.394 e. The normalized spacial score (nSPS) is 9.96. The summed E-state index contributed by atoms with van der Waals surface area (Å²) in [5, 5.41) is 20.6. The molecule has 0 unspecified atom stereocenters. The van der Waals surface area contributed by atoms with Crippen molar-refractivity contribution < 1.29 is 27.4 Å². The van der Waals surface area contributed by atoms with Gasteiger partial charge in [0.2, 0.25) is 0 Å². The van der Waals surface area contributed by atoms with E-state index < -0.39 is 20.2 Å². The number of hydrogen-bond donors (Lipinski definition) is 3. The van der Waals surface area contributed by atoms with Crippen molar-refractivity contribution in [3.63, 3.8) is 0 Å².